The van der Waals surface area contributed by atoms with Crippen molar-refractivity contribution in [3.8, 4) is 0 Å². The lowest BCUT2D eigenvalue weighted by atomic mass is 10.1. The summed E-state index contributed by atoms with van der Waals surface area (Å²) in [6.45, 7) is 3.66. The first-order valence-electron chi connectivity index (χ1n) is 5.25. The van der Waals surface area contributed by atoms with Crippen LogP contribution in [0, 0.1) is 0 Å². The molecule has 15 heavy (non-hydrogen) atoms. The Kier molecular flexibility index (Phi) is 4.75. The summed E-state index contributed by atoms with van der Waals surface area (Å²) in [7, 11) is 0. The number of hydrogen-bond acceptors (Lipinski definition) is 3. The topological polar surface area (TPSA) is 52.5 Å². The molecule has 3 N–H and O–H groups in total. The maximum Gasteiger partial charge on any atom is 0.0662 e. The first-order valence-corrected chi connectivity index (χ1v) is 5.25. The van der Waals surface area contributed by atoms with E-state index in [1.54, 1.807) is 6.92 Å². The highest BCUT2D eigenvalue weighted by Gasteiger charge is 2.15. The van der Waals surface area contributed by atoms with E-state index in [1.165, 1.54) is 0 Å². The molecule has 3 atom stereocenters. The largest absolute Gasteiger partial charge is 0.394 e. The van der Waals surface area contributed by atoms with E-state index >= 15 is 0 Å². The summed E-state index contributed by atoms with van der Waals surface area (Å²) in [5.41, 5.74) is 1.03. The van der Waals surface area contributed by atoms with E-state index in [2.05, 4.69) is 5.32 Å². The summed E-state index contributed by atoms with van der Waals surface area (Å²) in [6.07, 6.45) is -0.428. The number of hydrogen-bond donors (Lipinski definition) is 3. The molecule has 0 aromatic heterocycles. The van der Waals surface area contributed by atoms with Crippen molar-refractivity contribution in [2.24, 2.45) is 0 Å². The van der Waals surface area contributed by atoms with Crippen molar-refractivity contribution >= 4 is 0 Å². The fraction of sp³-hybridized carbons (Fsp3) is 0.500. The van der Waals surface area contributed by atoms with Crippen LogP contribution in [0.5, 0.6) is 0 Å². The maximum absolute atomic E-state index is 9.37. The van der Waals surface area contributed by atoms with E-state index in [1.807, 2.05) is 37.3 Å². The number of aliphatic hydroxyl groups excluding tert-OH is 2. The Morgan fingerprint density at radius 2 is 1.80 bits per heavy atom. The molecule has 3 heteroatoms. The lowest BCUT2D eigenvalue weighted by Gasteiger charge is -2.23. The Bertz CT molecular complexity index is 274. The predicted octanol–water partition coefficient (Wildman–Crippen LogP) is 1.08. The Morgan fingerprint density at radius 1 is 1.20 bits per heavy atom. The normalized spacial score (nSPS) is 17.1. The zero-order valence-corrected chi connectivity index (χ0v) is 9.22. The highest BCUT2D eigenvalue weighted by molar-refractivity contribution is 5.19. The van der Waals surface area contributed by atoms with Crippen LogP contribution >= 0.6 is 0 Å². The zero-order chi connectivity index (χ0) is 11.3. The third kappa shape index (κ3) is 3.63. The van der Waals surface area contributed by atoms with Gasteiger partial charge in [-0.25, -0.2) is 0 Å². The van der Waals surface area contributed by atoms with Gasteiger partial charge in [0.05, 0.1) is 18.8 Å². The van der Waals surface area contributed by atoms with Crippen molar-refractivity contribution in [1.82, 2.24) is 5.32 Å². The lowest BCUT2D eigenvalue weighted by Crippen LogP contribution is -2.39. The molecule has 1 aromatic carbocycles. The SMILES string of the molecule is CC(O)C(C)NC(CO)c1ccccc1. The monoisotopic (exact) mass is 209 g/mol. The molecule has 84 valence electrons. The standard InChI is InChI=1S/C12H19NO2/c1-9(10(2)15)13-12(8-14)11-6-4-3-5-7-11/h3-7,9-10,12-15H,8H2,1-2H3. The van der Waals surface area contributed by atoms with Crippen molar-refractivity contribution in [2.75, 3.05) is 6.61 Å². The second kappa shape index (κ2) is 5.85. The van der Waals surface area contributed by atoms with Gasteiger partial charge in [-0.15, -0.1) is 0 Å². The Balaban J connectivity index is 2.65. The molecule has 0 amide bonds. The molecule has 0 bridgehead atoms. The molecule has 0 saturated carbocycles. The number of benzene rings is 1. The van der Waals surface area contributed by atoms with Crippen LogP contribution in [0.1, 0.15) is 25.5 Å². The van der Waals surface area contributed by atoms with Gasteiger partial charge in [0.15, 0.2) is 0 Å². The van der Waals surface area contributed by atoms with Crippen molar-refractivity contribution in [2.45, 2.75) is 32.0 Å². The fourth-order valence-corrected chi connectivity index (χ4v) is 1.40. The van der Waals surface area contributed by atoms with Crippen LogP contribution in [0.15, 0.2) is 30.3 Å². The first-order chi connectivity index (χ1) is 7.15. The second-order valence-electron chi connectivity index (χ2n) is 3.84. The minimum atomic E-state index is -0.428. The predicted molar refractivity (Wildman–Crippen MR) is 60.5 cm³/mol. The summed E-state index contributed by atoms with van der Waals surface area (Å²) >= 11 is 0. The Morgan fingerprint density at radius 3 is 2.27 bits per heavy atom. The van der Waals surface area contributed by atoms with Gasteiger partial charge in [-0.1, -0.05) is 30.3 Å². The van der Waals surface area contributed by atoms with Gasteiger partial charge >= 0.3 is 0 Å². The van der Waals surface area contributed by atoms with Crippen LogP contribution in [-0.2, 0) is 0 Å². The molecule has 3 nitrogen and oxygen atoms in total. The summed E-state index contributed by atoms with van der Waals surface area (Å²) in [4.78, 5) is 0. The van der Waals surface area contributed by atoms with Crippen LogP contribution in [0.2, 0.25) is 0 Å². The van der Waals surface area contributed by atoms with Crippen LogP contribution in [-0.4, -0.2) is 29.0 Å². The minimum Gasteiger partial charge on any atom is -0.394 e. The van der Waals surface area contributed by atoms with Gasteiger partial charge in [-0.05, 0) is 19.4 Å². The second-order valence-corrected chi connectivity index (χ2v) is 3.84. The highest BCUT2D eigenvalue weighted by Crippen LogP contribution is 2.12. The van der Waals surface area contributed by atoms with Crippen molar-refractivity contribution < 1.29 is 10.2 Å². The van der Waals surface area contributed by atoms with E-state index < -0.39 is 6.10 Å². The fourth-order valence-electron chi connectivity index (χ4n) is 1.40. The summed E-state index contributed by atoms with van der Waals surface area (Å²) in [5.74, 6) is 0. The Hall–Kier alpha value is -0.900. The molecule has 0 aliphatic heterocycles. The van der Waals surface area contributed by atoms with Crippen LogP contribution in [0.25, 0.3) is 0 Å². The molecular weight excluding hydrogens is 190 g/mol. The molecule has 1 rings (SSSR count). The molecule has 0 radical (unpaired) electrons. The van der Waals surface area contributed by atoms with Crippen LogP contribution in [0.4, 0.5) is 0 Å². The van der Waals surface area contributed by atoms with Crippen molar-refractivity contribution in [3.05, 3.63) is 35.9 Å². The molecule has 0 fully saturated rings. The maximum atomic E-state index is 9.37. The smallest absolute Gasteiger partial charge is 0.0662 e. The van der Waals surface area contributed by atoms with Crippen molar-refractivity contribution in [3.63, 3.8) is 0 Å². The lowest BCUT2D eigenvalue weighted by molar-refractivity contribution is 0.134. The number of nitrogens with one attached hydrogen (secondary N) is 1. The van der Waals surface area contributed by atoms with Crippen molar-refractivity contribution in [1.29, 1.82) is 0 Å². The molecule has 0 spiro atoms. The van der Waals surface area contributed by atoms with Gasteiger partial charge in [0.1, 0.15) is 0 Å². The quantitative estimate of drug-likeness (QED) is 0.680. The third-order valence-corrected chi connectivity index (χ3v) is 2.57. The van der Waals surface area contributed by atoms with Gasteiger partial charge in [0, 0.05) is 6.04 Å². The molecule has 0 aliphatic carbocycles. The van der Waals surface area contributed by atoms with Crippen LogP contribution < -0.4 is 5.32 Å². The average molecular weight is 209 g/mol. The van der Waals surface area contributed by atoms with E-state index in [0.717, 1.165) is 5.56 Å². The number of aliphatic hydroxyl groups is 2. The highest BCUT2D eigenvalue weighted by atomic mass is 16.3. The minimum absolute atomic E-state index is 0.0288. The summed E-state index contributed by atoms with van der Waals surface area (Å²) in [6, 6.07) is 9.58. The molecular formula is C12H19NO2. The third-order valence-electron chi connectivity index (χ3n) is 2.57. The number of rotatable bonds is 5. The van der Waals surface area contributed by atoms with E-state index in [0.29, 0.717) is 0 Å². The van der Waals surface area contributed by atoms with Gasteiger partial charge in [0.25, 0.3) is 0 Å². The van der Waals surface area contributed by atoms with Gasteiger partial charge in [-0.3, -0.25) is 0 Å². The molecule has 1 aromatic rings. The zero-order valence-electron chi connectivity index (χ0n) is 9.22. The Labute approximate surface area is 90.8 Å². The van der Waals surface area contributed by atoms with Gasteiger partial charge in [0.2, 0.25) is 0 Å². The molecule has 3 unspecified atom stereocenters. The molecule has 0 aliphatic rings. The van der Waals surface area contributed by atoms with Gasteiger partial charge in [-0.2, -0.15) is 0 Å². The van der Waals surface area contributed by atoms with E-state index in [4.69, 9.17) is 0 Å². The van der Waals surface area contributed by atoms with Gasteiger partial charge < -0.3 is 15.5 Å². The summed E-state index contributed by atoms with van der Waals surface area (Å²) in [5, 5.41) is 21.8. The van der Waals surface area contributed by atoms with Crippen LogP contribution in [0.3, 0.4) is 0 Å². The summed E-state index contributed by atoms with van der Waals surface area (Å²) < 4.78 is 0. The molecule has 0 heterocycles. The van der Waals surface area contributed by atoms with E-state index in [-0.39, 0.29) is 18.7 Å². The van der Waals surface area contributed by atoms with E-state index in [9.17, 15) is 10.2 Å². The molecule has 0 saturated heterocycles. The first kappa shape index (κ1) is 12.2. The average Bonchev–Trinajstić information content (AvgIpc) is 2.26.